The van der Waals surface area contributed by atoms with Gasteiger partial charge < -0.3 is 10.4 Å². The normalized spacial score (nSPS) is 11.8. The molecule has 4 nitrogen and oxygen atoms in total. The van der Waals surface area contributed by atoms with Crippen LogP contribution in [0.5, 0.6) is 5.75 Å². The van der Waals surface area contributed by atoms with E-state index in [9.17, 15) is 9.90 Å². The molecule has 0 aliphatic carbocycles. The van der Waals surface area contributed by atoms with Gasteiger partial charge in [-0.05, 0) is 48.5 Å². The van der Waals surface area contributed by atoms with E-state index in [2.05, 4.69) is 10.3 Å². The Morgan fingerprint density at radius 1 is 0.909 bits per heavy atom. The summed E-state index contributed by atoms with van der Waals surface area (Å²) in [7, 11) is 0. The monoisotopic (exact) mass is 332 g/mol. The SMILES string of the molecule is O=c1c(Nc2ccc(Cl)cc2)c(O)c1=Nc1ccc(Cl)cc1. The van der Waals surface area contributed by atoms with Gasteiger partial charge in [-0.15, -0.1) is 0 Å². The first-order chi connectivity index (χ1) is 10.5. The van der Waals surface area contributed by atoms with Crippen LogP contribution in [0.2, 0.25) is 10.0 Å². The fourth-order valence-electron chi connectivity index (χ4n) is 1.93. The zero-order valence-corrected chi connectivity index (χ0v) is 12.7. The fraction of sp³-hybridized carbons (Fsp3) is 0. The maximum absolute atomic E-state index is 12.1. The molecule has 0 atom stereocenters. The highest BCUT2D eigenvalue weighted by atomic mass is 35.5. The van der Waals surface area contributed by atoms with Crippen LogP contribution < -0.4 is 16.1 Å². The standard InChI is InChI=1S/C16H10Cl2N2O2/c17-9-1-5-11(6-2-9)19-13-15(21)14(16(13)22)20-12-7-3-10(18)4-8-12/h1-8,19,21H. The van der Waals surface area contributed by atoms with Crippen molar-refractivity contribution in [3.05, 3.63) is 74.2 Å². The van der Waals surface area contributed by atoms with Crippen LogP contribution in [0.15, 0.2) is 58.3 Å². The summed E-state index contributed by atoms with van der Waals surface area (Å²) in [4.78, 5) is 16.2. The van der Waals surface area contributed by atoms with Crippen molar-refractivity contribution in [3.63, 3.8) is 0 Å². The predicted octanol–water partition coefficient (Wildman–Crippen LogP) is 3.91. The lowest BCUT2D eigenvalue weighted by Crippen LogP contribution is -2.33. The van der Waals surface area contributed by atoms with E-state index in [0.29, 0.717) is 21.4 Å². The molecule has 2 N–H and O–H groups in total. The van der Waals surface area contributed by atoms with E-state index in [1.807, 2.05) is 0 Å². The Labute approximate surface area is 136 Å². The van der Waals surface area contributed by atoms with Crippen LogP contribution in [-0.4, -0.2) is 5.11 Å². The van der Waals surface area contributed by atoms with E-state index >= 15 is 0 Å². The molecule has 0 heterocycles. The molecule has 0 saturated carbocycles. The highest BCUT2D eigenvalue weighted by molar-refractivity contribution is 6.30. The molecule has 3 rings (SSSR count). The molecule has 0 unspecified atom stereocenters. The van der Waals surface area contributed by atoms with Gasteiger partial charge >= 0.3 is 0 Å². The third kappa shape index (κ3) is 2.84. The second-order valence-corrected chi connectivity index (χ2v) is 5.49. The maximum Gasteiger partial charge on any atom is 0.235 e. The van der Waals surface area contributed by atoms with Crippen molar-refractivity contribution in [1.82, 2.24) is 0 Å². The van der Waals surface area contributed by atoms with E-state index in [0.717, 1.165) is 0 Å². The lowest BCUT2D eigenvalue weighted by Gasteiger charge is -2.10. The molecule has 0 aromatic heterocycles. The lowest BCUT2D eigenvalue weighted by atomic mass is 10.2. The average Bonchev–Trinajstić information content (AvgIpc) is 2.53. The van der Waals surface area contributed by atoms with Gasteiger partial charge in [0, 0.05) is 15.7 Å². The number of nitrogens with zero attached hydrogens (tertiary/aromatic N) is 1. The van der Waals surface area contributed by atoms with Gasteiger partial charge in [0.05, 0.1) is 5.69 Å². The summed E-state index contributed by atoms with van der Waals surface area (Å²) in [6, 6.07) is 13.5. The fourth-order valence-corrected chi connectivity index (χ4v) is 2.18. The molecule has 22 heavy (non-hydrogen) atoms. The molecular weight excluding hydrogens is 323 g/mol. The second kappa shape index (κ2) is 5.83. The third-order valence-electron chi connectivity index (χ3n) is 3.08. The minimum Gasteiger partial charge on any atom is -0.504 e. The van der Waals surface area contributed by atoms with Crippen molar-refractivity contribution in [1.29, 1.82) is 0 Å². The lowest BCUT2D eigenvalue weighted by molar-refractivity contribution is 0.464. The highest BCUT2D eigenvalue weighted by Gasteiger charge is 2.18. The van der Waals surface area contributed by atoms with Crippen LogP contribution in [-0.2, 0) is 0 Å². The number of aromatic hydroxyl groups is 1. The Kier molecular flexibility index (Phi) is 3.88. The van der Waals surface area contributed by atoms with Gasteiger partial charge in [-0.25, -0.2) is 4.99 Å². The summed E-state index contributed by atoms with van der Waals surface area (Å²) in [5.74, 6) is -0.157. The van der Waals surface area contributed by atoms with Crippen LogP contribution in [0, 0.1) is 0 Å². The van der Waals surface area contributed by atoms with Crippen molar-refractivity contribution < 1.29 is 5.11 Å². The van der Waals surface area contributed by atoms with Gasteiger partial charge in [0.1, 0.15) is 5.69 Å². The smallest absolute Gasteiger partial charge is 0.235 e. The molecule has 110 valence electrons. The van der Waals surface area contributed by atoms with Crippen molar-refractivity contribution in [3.8, 4) is 5.75 Å². The first-order valence-electron chi connectivity index (χ1n) is 6.40. The highest BCUT2D eigenvalue weighted by Crippen LogP contribution is 2.23. The quantitative estimate of drug-likeness (QED) is 0.764. The topological polar surface area (TPSA) is 61.7 Å². The van der Waals surface area contributed by atoms with Crippen molar-refractivity contribution in [2.24, 2.45) is 4.99 Å². The van der Waals surface area contributed by atoms with Gasteiger partial charge in [0.25, 0.3) is 0 Å². The van der Waals surface area contributed by atoms with E-state index in [1.54, 1.807) is 48.5 Å². The molecule has 0 fully saturated rings. The summed E-state index contributed by atoms with van der Waals surface area (Å²) in [5, 5.41) is 14.0. The molecule has 0 aliphatic heterocycles. The van der Waals surface area contributed by atoms with Crippen LogP contribution >= 0.6 is 23.2 Å². The predicted molar refractivity (Wildman–Crippen MR) is 88.2 cm³/mol. The minimum absolute atomic E-state index is 0.0267. The number of hydrogen-bond donors (Lipinski definition) is 2. The van der Waals surface area contributed by atoms with E-state index in [4.69, 9.17) is 23.2 Å². The molecule has 3 aromatic rings. The summed E-state index contributed by atoms with van der Waals surface area (Å²) in [5.41, 5.74) is 0.979. The number of nitrogens with one attached hydrogen (secondary N) is 1. The molecule has 0 spiro atoms. The molecule has 3 aromatic carbocycles. The first-order valence-corrected chi connectivity index (χ1v) is 7.15. The summed E-state index contributed by atoms with van der Waals surface area (Å²) >= 11 is 11.6. The number of halogens is 2. The third-order valence-corrected chi connectivity index (χ3v) is 3.59. The molecule has 0 aliphatic rings. The van der Waals surface area contributed by atoms with E-state index in [1.165, 1.54) is 0 Å². The number of hydrogen-bond acceptors (Lipinski definition) is 4. The Morgan fingerprint density at radius 2 is 1.45 bits per heavy atom. The maximum atomic E-state index is 12.1. The van der Waals surface area contributed by atoms with Gasteiger partial charge in [-0.1, -0.05) is 23.2 Å². The number of rotatable bonds is 3. The van der Waals surface area contributed by atoms with Crippen LogP contribution in [0.4, 0.5) is 17.1 Å². The van der Waals surface area contributed by atoms with E-state index < -0.39 is 0 Å². The van der Waals surface area contributed by atoms with Crippen LogP contribution in [0.25, 0.3) is 0 Å². The summed E-state index contributed by atoms with van der Waals surface area (Å²) in [6.45, 7) is 0. The minimum atomic E-state index is -0.345. The van der Waals surface area contributed by atoms with E-state index in [-0.39, 0.29) is 22.2 Å². The van der Waals surface area contributed by atoms with Gasteiger partial charge in [0.2, 0.25) is 5.43 Å². The molecule has 0 amide bonds. The number of anilines is 2. The molecule has 0 bridgehead atoms. The zero-order valence-electron chi connectivity index (χ0n) is 11.2. The van der Waals surface area contributed by atoms with Crippen LogP contribution in [0.1, 0.15) is 0 Å². The first kappa shape index (κ1) is 14.6. The summed E-state index contributed by atoms with van der Waals surface area (Å²) < 4.78 is 0. The molecular formula is C16H10Cl2N2O2. The van der Waals surface area contributed by atoms with Crippen LogP contribution in [0.3, 0.4) is 0 Å². The molecule has 0 saturated heterocycles. The van der Waals surface area contributed by atoms with Gasteiger partial charge in [-0.2, -0.15) is 0 Å². The largest absolute Gasteiger partial charge is 0.504 e. The Balaban J connectivity index is 1.89. The zero-order chi connectivity index (χ0) is 15.7. The van der Waals surface area contributed by atoms with Gasteiger partial charge in [0.15, 0.2) is 11.1 Å². The Morgan fingerprint density at radius 3 is 2.00 bits per heavy atom. The van der Waals surface area contributed by atoms with Crippen molar-refractivity contribution in [2.75, 3.05) is 5.32 Å². The Hall–Kier alpha value is -2.30. The second-order valence-electron chi connectivity index (χ2n) is 4.62. The average molecular weight is 333 g/mol. The molecule has 0 radical (unpaired) electrons. The Bertz CT molecular complexity index is 894. The van der Waals surface area contributed by atoms with Crippen molar-refractivity contribution >= 4 is 40.3 Å². The number of benzene rings is 2. The summed E-state index contributed by atoms with van der Waals surface area (Å²) in [6.07, 6.45) is 0. The van der Waals surface area contributed by atoms with Gasteiger partial charge in [-0.3, -0.25) is 4.79 Å². The molecule has 6 heteroatoms. The van der Waals surface area contributed by atoms with Crippen molar-refractivity contribution in [2.45, 2.75) is 0 Å².